The molecule has 0 aliphatic heterocycles. The summed E-state index contributed by atoms with van der Waals surface area (Å²) >= 11 is 11.9. The lowest BCUT2D eigenvalue weighted by Gasteiger charge is -2.00. The fraction of sp³-hybridized carbons (Fsp3) is 0.133. The van der Waals surface area contributed by atoms with E-state index in [-0.39, 0.29) is 11.9 Å². The van der Waals surface area contributed by atoms with Crippen LogP contribution in [0.2, 0.25) is 10.0 Å². The Kier molecular flexibility index (Phi) is 4.11. The van der Waals surface area contributed by atoms with Crippen LogP contribution in [0.4, 0.5) is 6.01 Å². The van der Waals surface area contributed by atoms with Gasteiger partial charge in [-0.1, -0.05) is 28.3 Å². The first kappa shape index (κ1) is 15.6. The third-order valence-corrected chi connectivity index (χ3v) is 3.64. The second-order valence-corrected chi connectivity index (χ2v) is 5.66. The van der Waals surface area contributed by atoms with E-state index in [1.54, 1.807) is 38.1 Å². The van der Waals surface area contributed by atoms with Gasteiger partial charge >= 0.3 is 6.01 Å². The number of halogens is 2. The fourth-order valence-electron chi connectivity index (χ4n) is 2.07. The van der Waals surface area contributed by atoms with Crippen LogP contribution in [0.25, 0.3) is 11.5 Å². The summed E-state index contributed by atoms with van der Waals surface area (Å²) in [7, 11) is 0. The lowest BCUT2D eigenvalue weighted by Crippen LogP contribution is -2.12. The zero-order valence-electron chi connectivity index (χ0n) is 12.2. The minimum Gasteiger partial charge on any atom is -0.466 e. The van der Waals surface area contributed by atoms with Gasteiger partial charge in [0.2, 0.25) is 0 Å². The number of anilines is 1. The highest BCUT2D eigenvalue weighted by molar-refractivity contribution is 6.36. The molecule has 23 heavy (non-hydrogen) atoms. The molecule has 0 aliphatic rings. The van der Waals surface area contributed by atoms with Crippen molar-refractivity contribution in [2.24, 2.45) is 0 Å². The maximum atomic E-state index is 12.2. The molecule has 8 heteroatoms. The van der Waals surface area contributed by atoms with Crippen LogP contribution >= 0.6 is 23.2 Å². The second kappa shape index (κ2) is 6.06. The molecule has 0 fully saturated rings. The molecule has 0 atom stereocenters. The summed E-state index contributed by atoms with van der Waals surface area (Å²) < 4.78 is 10.7. The lowest BCUT2D eigenvalue weighted by molar-refractivity contribution is 0.102. The number of hydrogen-bond donors (Lipinski definition) is 1. The molecule has 1 amide bonds. The minimum atomic E-state index is -0.392. The third kappa shape index (κ3) is 3.23. The highest BCUT2D eigenvalue weighted by Crippen LogP contribution is 2.30. The Morgan fingerprint density at radius 1 is 1.13 bits per heavy atom. The number of nitrogens with one attached hydrogen (secondary N) is 1. The Bertz CT molecular complexity index is 886. The van der Waals surface area contributed by atoms with E-state index in [9.17, 15) is 4.79 Å². The van der Waals surface area contributed by atoms with Crippen molar-refractivity contribution in [3.05, 3.63) is 51.4 Å². The normalized spacial score (nSPS) is 10.8. The van der Waals surface area contributed by atoms with Crippen LogP contribution in [0.1, 0.15) is 21.9 Å². The SMILES string of the molecule is Cc1cc(C(=O)Nc2nnc(-c3ccc(Cl)cc3Cl)o2)c(C)o1. The Labute approximate surface area is 141 Å². The van der Waals surface area contributed by atoms with Gasteiger partial charge in [0.15, 0.2) is 0 Å². The van der Waals surface area contributed by atoms with Crippen molar-refractivity contribution >= 4 is 35.1 Å². The number of aromatic nitrogens is 2. The molecular formula is C15H11Cl2N3O3. The summed E-state index contributed by atoms with van der Waals surface area (Å²) in [5.41, 5.74) is 0.936. The average molecular weight is 352 g/mol. The van der Waals surface area contributed by atoms with Gasteiger partial charge in [-0.3, -0.25) is 10.1 Å². The van der Waals surface area contributed by atoms with Crippen molar-refractivity contribution in [3.8, 4) is 11.5 Å². The Balaban J connectivity index is 1.82. The maximum absolute atomic E-state index is 12.2. The molecule has 118 valence electrons. The summed E-state index contributed by atoms with van der Waals surface area (Å²) in [6.45, 7) is 3.46. The predicted molar refractivity (Wildman–Crippen MR) is 85.9 cm³/mol. The van der Waals surface area contributed by atoms with Gasteiger partial charge in [-0.05, 0) is 38.1 Å². The van der Waals surface area contributed by atoms with E-state index in [0.717, 1.165) is 0 Å². The van der Waals surface area contributed by atoms with E-state index in [2.05, 4.69) is 15.5 Å². The zero-order chi connectivity index (χ0) is 16.6. The van der Waals surface area contributed by atoms with Crippen molar-refractivity contribution in [2.75, 3.05) is 5.32 Å². The Morgan fingerprint density at radius 3 is 2.57 bits per heavy atom. The largest absolute Gasteiger partial charge is 0.466 e. The number of rotatable bonds is 3. The van der Waals surface area contributed by atoms with Crippen LogP contribution < -0.4 is 5.32 Å². The molecule has 1 aromatic carbocycles. The molecule has 3 rings (SSSR count). The smallest absolute Gasteiger partial charge is 0.322 e. The maximum Gasteiger partial charge on any atom is 0.322 e. The molecule has 0 unspecified atom stereocenters. The van der Waals surface area contributed by atoms with Crippen LogP contribution in [0.15, 0.2) is 33.1 Å². The Hall–Kier alpha value is -2.31. The first-order valence-electron chi connectivity index (χ1n) is 6.61. The predicted octanol–water partition coefficient (Wildman–Crippen LogP) is 4.51. The van der Waals surface area contributed by atoms with Gasteiger partial charge in [0.05, 0.1) is 16.1 Å². The van der Waals surface area contributed by atoms with Gasteiger partial charge < -0.3 is 8.83 Å². The number of hydrogen-bond acceptors (Lipinski definition) is 5. The summed E-state index contributed by atoms with van der Waals surface area (Å²) in [5.74, 6) is 0.950. The van der Waals surface area contributed by atoms with E-state index < -0.39 is 5.91 Å². The number of benzene rings is 1. The van der Waals surface area contributed by atoms with Gasteiger partial charge in [-0.15, -0.1) is 5.10 Å². The summed E-state index contributed by atoms with van der Waals surface area (Å²) in [6, 6.07) is 6.49. The van der Waals surface area contributed by atoms with E-state index in [0.29, 0.717) is 32.7 Å². The van der Waals surface area contributed by atoms with Crippen LogP contribution in [0, 0.1) is 13.8 Å². The van der Waals surface area contributed by atoms with Gasteiger partial charge in [0.25, 0.3) is 11.8 Å². The molecule has 0 saturated heterocycles. The molecule has 0 bridgehead atoms. The van der Waals surface area contributed by atoms with Crippen LogP contribution in [0.3, 0.4) is 0 Å². The molecule has 0 radical (unpaired) electrons. The van der Waals surface area contributed by atoms with Gasteiger partial charge in [0.1, 0.15) is 11.5 Å². The number of carbonyl (C=O) groups is 1. The van der Waals surface area contributed by atoms with E-state index in [1.807, 2.05) is 0 Å². The standard InChI is InChI=1S/C15H11Cl2N3O3/c1-7-5-11(8(2)22-7)13(21)18-15-20-19-14(23-15)10-4-3-9(16)6-12(10)17/h3-6H,1-2H3,(H,18,20,21). The number of amides is 1. The lowest BCUT2D eigenvalue weighted by atomic mass is 10.2. The number of carbonyl (C=O) groups excluding carboxylic acids is 1. The van der Waals surface area contributed by atoms with E-state index in [4.69, 9.17) is 32.0 Å². The molecule has 6 nitrogen and oxygen atoms in total. The number of furan rings is 1. The molecular weight excluding hydrogens is 341 g/mol. The second-order valence-electron chi connectivity index (χ2n) is 4.82. The first-order chi connectivity index (χ1) is 10.9. The van der Waals surface area contributed by atoms with Crippen molar-refractivity contribution in [1.82, 2.24) is 10.2 Å². The van der Waals surface area contributed by atoms with E-state index >= 15 is 0 Å². The zero-order valence-corrected chi connectivity index (χ0v) is 13.7. The molecule has 2 aromatic heterocycles. The van der Waals surface area contributed by atoms with Gasteiger partial charge in [0, 0.05) is 5.02 Å². The number of aryl methyl sites for hydroxylation is 2. The molecule has 0 aliphatic carbocycles. The third-order valence-electron chi connectivity index (χ3n) is 3.09. The quantitative estimate of drug-likeness (QED) is 0.750. The van der Waals surface area contributed by atoms with Crippen LogP contribution in [-0.4, -0.2) is 16.1 Å². The van der Waals surface area contributed by atoms with Crippen molar-refractivity contribution < 1.29 is 13.6 Å². The van der Waals surface area contributed by atoms with Crippen molar-refractivity contribution in [2.45, 2.75) is 13.8 Å². The fourth-order valence-corrected chi connectivity index (χ4v) is 2.56. The molecule has 0 spiro atoms. The van der Waals surface area contributed by atoms with Gasteiger partial charge in [-0.25, -0.2) is 0 Å². The van der Waals surface area contributed by atoms with Gasteiger partial charge in [-0.2, -0.15) is 0 Å². The molecule has 0 saturated carbocycles. The van der Waals surface area contributed by atoms with Crippen molar-refractivity contribution in [1.29, 1.82) is 0 Å². The highest BCUT2D eigenvalue weighted by atomic mass is 35.5. The number of nitrogens with zero attached hydrogens (tertiary/aromatic N) is 2. The van der Waals surface area contributed by atoms with E-state index in [1.165, 1.54) is 0 Å². The van der Waals surface area contributed by atoms with Crippen LogP contribution in [-0.2, 0) is 0 Å². The first-order valence-corrected chi connectivity index (χ1v) is 7.37. The van der Waals surface area contributed by atoms with Crippen LogP contribution in [0.5, 0.6) is 0 Å². The Morgan fingerprint density at radius 2 is 1.91 bits per heavy atom. The monoisotopic (exact) mass is 351 g/mol. The molecule has 1 N–H and O–H groups in total. The summed E-state index contributed by atoms with van der Waals surface area (Å²) in [4.78, 5) is 12.2. The minimum absolute atomic E-state index is 0.0331. The topological polar surface area (TPSA) is 81.2 Å². The summed E-state index contributed by atoms with van der Waals surface area (Å²) in [6.07, 6.45) is 0. The summed E-state index contributed by atoms with van der Waals surface area (Å²) in [5, 5.41) is 11.1. The highest BCUT2D eigenvalue weighted by Gasteiger charge is 2.18. The molecule has 2 heterocycles. The average Bonchev–Trinajstić information content (AvgIpc) is 3.05. The molecule has 3 aromatic rings. The van der Waals surface area contributed by atoms with Crippen molar-refractivity contribution in [3.63, 3.8) is 0 Å².